The Morgan fingerprint density at radius 2 is 2.00 bits per heavy atom. The number of oxazole rings is 1. The van der Waals surface area contributed by atoms with Gasteiger partial charge < -0.3 is 9.73 Å². The van der Waals surface area contributed by atoms with Crippen LogP contribution in [0.1, 0.15) is 0 Å². The zero-order valence-corrected chi connectivity index (χ0v) is 9.73. The summed E-state index contributed by atoms with van der Waals surface area (Å²) in [5.74, 6) is 1.05. The highest BCUT2D eigenvalue weighted by Crippen LogP contribution is 2.22. The molecule has 0 aliphatic rings. The quantitative estimate of drug-likeness (QED) is 0.674. The molecule has 7 heteroatoms. The summed E-state index contributed by atoms with van der Waals surface area (Å²) in [4.78, 5) is 14.1. The van der Waals surface area contributed by atoms with Crippen LogP contribution in [0.15, 0.2) is 34.9 Å². The van der Waals surface area contributed by atoms with Crippen molar-refractivity contribution in [3.05, 3.63) is 40.6 Å². The van der Waals surface area contributed by atoms with E-state index in [-0.39, 0.29) is 18.1 Å². The van der Waals surface area contributed by atoms with Crippen molar-refractivity contribution < 1.29 is 9.34 Å². The van der Waals surface area contributed by atoms with Gasteiger partial charge in [0.25, 0.3) is 5.69 Å². The fraction of sp³-hybridized carbons (Fsp3) is 0.100. The number of aromatic nitrogens is 1. The van der Waals surface area contributed by atoms with E-state index >= 15 is 0 Å². The molecule has 1 heterocycles. The van der Waals surface area contributed by atoms with Gasteiger partial charge in [-0.05, 0) is 12.1 Å². The van der Waals surface area contributed by atoms with Crippen LogP contribution in [0.3, 0.4) is 0 Å². The minimum atomic E-state index is -0.446. The van der Waals surface area contributed by atoms with E-state index in [9.17, 15) is 10.1 Å². The van der Waals surface area contributed by atoms with E-state index in [0.717, 1.165) is 0 Å². The highest BCUT2D eigenvalue weighted by atomic mass is 35.5. The summed E-state index contributed by atoms with van der Waals surface area (Å²) in [5, 5.41) is 13.3. The lowest BCUT2D eigenvalue weighted by Gasteiger charge is -1.94. The average Bonchev–Trinajstić information content (AvgIpc) is 2.77. The van der Waals surface area contributed by atoms with Crippen molar-refractivity contribution >= 4 is 23.9 Å². The summed E-state index contributed by atoms with van der Waals surface area (Å²) in [6, 6.07) is 6.03. The summed E-state index contributed by atoms with van der Waals surface area (Å²) >= 11 is 0. The standard InChI is InChI=1S/C10H9N3O3.ClH/c1-11-9-6-16-10(12-9)7-2-4-8(5-3-7)13(14)15;/h2-6,11H,1H3;1H. The number of rotatable bonds is 3. The third-order valence-electron chi connectivity index (χ3n) is 2.09. The SMILES string of the molecule is CNc1coc(-c2ccc([N+](=O)[O-])cc2)n1.Cl. The molecule has 0 unspecified atom stereocenters. The third kappa shape index (κ3) is 2.73. The molecule has 0 fully saturated rings. The lowest BCUT2D eigenvalue weighted by molar-refractivity contribution is -0.384. The summed E-state index contributed by atoms with van der Waals surface area (Å²) in [5.41, 5.74) is 0.747. The number of benzene rings is 1. The number of nitrogens with zero attached hydrogens (tertiary/aromatic N) is 2. The predicted molar refractivity (Wildman–Crippen MR) is 65.4 cm³/mol. The zero-order chi connectivity index (χ0) is 11.5. The minimum Gasteiger partial charge on any atom is -0.442 e. The Labute approximate surface area is 103 Å². The molecule has 0 radical (unpaired) electrons. The van der Waals surface area contributed by atoms with Crippen molar-refractivity contribution in [3.8, 4) is 11.5 Å². The monoisotopic (exact) mass is 255 g/mol. The van der Waals surface area contributed by atoms with Crippen molar-refractivity contribution in [3.63, 3.8) is 0 Å². The molecule has 1 N–H and O–H groups in total. The molecular formula is C10H10ClN3O3. The van der Waals surface area contributed by atoms with Crippen molar-refractivity contribution in [2.24, 2.45) is 0 Å². The van der Waals surface area contributed by atoms with E-state index in [1.54, 1.807) is 19.2 Å². The largest absolute Gasteiger partial charge is 0.442 e. The number of nitrogens with one attached hydrogen (secondary N) is 1. The van der Waals surface area contributed by atoms with Gasteiger partial charge in [-0.2, -0.15) is 4.98 Å². The van der Waals surface area contributed by atoms with Crippen LogP contribution in [0.4, 0.5) is 11.5 Å². The molecule has 0 spiro atoms. The first-order chi connectivity index (χ1) is 7.70. The van der Waals surface area contributed by atoms with Crippen molar-refractivity contribution in [1.82, 2.24) is 4.98 Å². The number of non-ortho nitro benzene ring substituents is 1. The highest BCUT2D eigenvalue weighted by Gasteiger charge is 2.08. The maximum Gasteiger partial charge on any atom is 0.269 e. The number of hydrogen-bond donors (Lipinski definition) is 1. The van der Waals surface area contributed by atoms with Gasteiger partial charge in [0, 0.05) is 24.7 Å². The summed E-state index contributed by atoms with van der Waals surface area (Å²) in [7, 11) is 1.73. The molecule has 0 aliphatic heterocycles. The predicted octanol–water partition coefficient (Wildman–Crippen LogP) is 2.71. The molecule has 1 aromatic carbocycles. The first-order valence-electron chi connectivity index (χ1n) is 4.59. The molecule has 0 bridgehead atoms. The Morgan fingerprint density at radius 1 is 1.35 bits per heavy atom. The number of halogens is 1. The van der Waals surface area contributed by atoms with Gasteiger partial charge in [-0.1, -0.05) is 0 Å². The van der Waals surface area contributed by atoms with Crippen LogP contribution >= 0.6 is 12.4 Å². The first-order valence-corrected chi connectivity index (χ1v) is 4.59. The molecule has 0 atom stereocenters. The van der Waals surface area contributed by atoms with Crippen LogP contribution in [0.25, 0.3) is 11.5 Å². The van der Waals surface area contributed by atoms with Gasteiger partial charge in [0.15, 0.2) is 5.82 Å². The summed E-state index contributed by atoms with van der Waals surface area (Å²) < 4.78 is 5.20. The Balaban J connectivity index is 0.00000144. The molecule has 1 aromatic heterocycles. The first kappa shape index (κ1) is 13.0. The molecule has 2 rings (SSSR count). The summed E-state index contributed by atoms with van der Waals surface area (Å²) in [6.07, 6.45) is 1.48. The lowest BCUT2D eigenvalue weighted by Crippen LogP contribution is -1.88. The molecule has 0 saturated heterocycles. The fourth-order valence-electron chi connectivity index (χ4n) is 1.25. The molecule has 0 amide bonds. The van der Waals surface area contributed by atoms with Crippen molar-refractivity contribution in [1.29, 1.82) is 0 Å². The average molecular weight is 256 g/mol. The smallest absolute Gasteiger partial charge is 0.269 e. The molecule has 0 aliphatic carbocycles. The van der Waals surface area contributed by atoms with Crippen LogP contribution in [0.2, 0.25) is 0 Å². The van der Waals surface area contributed by atoms with Gasteiger partial charge >= 0.3 is 0 Å². The zero-order valence-electron chi connectivity index (χ0n) is 8.91. The van der Waals surface area contributed by atoms with E-state index in [1.807, 2.05) is 0 Å². The Hall–Kier alpha value is -2.08. The van der Waals surface area contributed by atoms with Gasteiger partial charge in [0.1, 0.15) is 6.26 Å². The van der Waals surface area contributed by atoms with Crippen LogP contribution < -0.4 is 5.32 Å². The van der Waals surface area contributed by atoms with Crippen LogP contribution in [0.5, 0.6) is 0 Å². The van der Waals surface area contributed by atoms with Gasteiger partial charge in [0.05, 0.1) is 4.92 Å². The Kier molecular flexibility index (Phi) is 4.06. The number of hydrogen-bond acceptors (Lipinski definition) is 5. The highest BCUT2D eigenvalue weighted by molar-refractivity contribution is 5.85. The second-order valence-electron chi connectivity index (χ2n) is 3.09. The van der Waals surface area contributed by atoms with E-state index in [4.69, 9.17) is 4.42 Å². The van der Waals surface area contributed by atoms with Gasteiger partial charge in [-0.3, -0.25) is 10.1 Å². The lowest BCUT2D eigenvalue weighted by atomic mass is 10.2. The molecular weight excluding hydrogens is 246 g/mol. The number of nitro benzene ring substituents is 1. The molecule has 17 heavy (non-hydrogen) atoms. The van der Waals surface area contributed by atoms with E-state index in [2.05, 4.69) is 10.3 Å². The van der Waals surface area contributed by atoms with E-state index in [0.29, 0.717) is 17.3 Å². The third-order valence-corrected chi connectivity index (χ3v) is 2.09. The molecule has 0 saturated carbocycles. The Morgan fingerprint density at radius 3 is 2.47 bits per heavy atom. The van der Waals surface area contributed by atoms with Crippen LogP contribution in [-0.2, 0) is 0 Å². The number of anilines is 1. The van der Waals surface area contributed by atoms with Gasteiger partial charge in [-0.15, -0.1) is 12.4 Å². The number of nitro groups is 1. The maximum atomic E-state index is 10.5. The molecule has 2 aromatic rings. The minimum absolute atomic E-state index is 0. The van der Waals surface area contributed by atoms with Crippen LogP contribution in [-0.4, -0.2) is 17.0 Å². The van der Waals surface area contributed by atoms with Gasteiger partial charge in [0.2, 0.25) is 5.89 Å². The van der Waals surface area contributed by atoms with E-state index < -0.39 is 4.92 Å². The second kappa shape index (κ2) is 5.31. The van der Waals surface area contributed by atoms with Crippen LogP contribution in [0, 0.1) is 10.1 Å². The molecule has 90 valence electrons. The van der Waals surface area contributed by atoms with Crippen molar-refractivity contribution in [2.75, 3.05) is 12.4 Å². The van der Waals surface area contributed by atoms with E-state index in [1.165, 1.54) is 18.4 Å². The second-order valence-corrected chi connectivity index (χ2v) is 3.09. The molecule has 6 nitrogen and oxygen atoms in total. The normalized spacial score (nSPS) is 9.47. The van der Waals surface area contributed by atoms with Gasteiger partial charge in [-0.25, -0.2) is 0 Å². The summed E-state index contributed by atoms with van der Waals surface area (Å²) in [6.45, 7) is 0. The fourth-order valence-corrected chi connectivity index (χ4v) is 1.25. The van der Waals surface area contributed by atoms with Crippen molar-refractivity contribution in [2.45, 2.75) is 0 Å². The maximum absolute atomic E-state index is 10.5. The topological polar surface area (TPSA) is 81.2 Å². The Bertz CT molecular complexity index is 510.